The summed E-state index contributed by atoms with van der Waals surface area (Å²) in [7, 11) is 0. The number of hydrogen-bond acceptors (Lipinski definition) is 2. The van der Waals surface area contributed by atoms with Gasteiger partial charge in [-0.05, 0) is 43.9 Å². The van der Waals surface area contributed by atoms with Crippen LogP contribution >= 0.6 is 28.1 Å². The molecule has 1 saturated carbocycles. The molecule has 2 nitrogen and oxygen atoms in total. The first kappa shape index (κ1) is 11.1. The van der Waals surface area contributed by atoms with Crippen molar-refractivity contribution < 1.29 is 0 Å². The largest absolute Gasteiger partial charge is 0.347 e. The standard InChI is InChI=1S/C14H13BrN2S/c1-8-12(18)17-14(16-8)11-6-10(15)3-2-9(11)7-13(14)4-5-13/h2-3,6H,4-5,7H2,1H3,(H,17,18). The quantitative estimate of drug-likeness (QED) is 0.741. The Labute approximate surface area is 120 Å². The first-order chi connectivity index (χ1) is 8.56. The zero-order valence-corrected chi connectivity index (χ0v) is 12.5. The van der Waals surface area contributed by atoms with Gasteiger partial charge in [0.15, 0.2) is 5.66 Å². The molecule has 4 heteroatoms. The second-order valence-corrected chi connectivity index (χ2v) is 6.94. The fourth-order valence-electron chi connectivity index (χ4n) is 3.47. The van der Waals surface area contributed by atoms with Crippen LogP contribution in [0.2, 0.25) is 0 Å². The van der Waals surface area contributed by atoms with E-state index < -0.39 is 0 Å². The van der Waals surface area contributed by atoms with Crippen molar-refractivity contribution >= 4 is 38.8 Å². The summed E-state index contributed by atoms with van der Waals surface area (Å²) in [5.41, 5.74) is 3.72. The number of thiocarbonyl (C=S) groups is 1. The van der Waals surface area contributed by atoms with Gasteiger partial charge in [-0.1, -0.05) is 34.2 Å². The van der Waals surface area contributed by atoms with Gasteiger partial charge in [-0.2, -0.15) is 0 Å². The lowest BCUT2D eigenvalue weighted by atomic mass is 9.90. The average molecular weight is 321 g/mol. The Morgan fingerprint density at radius 3 is 2.78 bits per heavy atom. The summed E-state index contributed by atoms with van der Waals surface area (Å²) in [5, 5.41) is 3.52. The first-order valence-corrected chi connectivity index (χ1v) is 7.44. The maximum Gasteiger partial charge on any atom is 0.162 e. The smallest absolute Gasteiger partial charge is 0.162 e. The molecule has 1 aromatic carbocycles. The lowest BCUT2D eigenvalue weighted by Gasteiger charge is -2.30. The number of halogens is 1. The summed E-state index contributed by atoms with van der Waals surface area (Å²) >= 11 is 8.96. The van der Waals surface area contributed by atoms with Gasteiger partial charge >= 0.3 is 0 Å². The number of rotatable bonds is 0. The first-order valence-electron chi connectivity index (χ1n) is 6.24. The van der Waals surface area contributed by atoms with Gasteiger partial charge in [-0.25, -0.2) is 0 Å². The Morgan fingerprint density at radius 1 is 1.39 bits per heavy atom. The Kier molecular flexibility index (Phi) is 1.99. The number of hydrogen-bond donors (Lipinski definition) is 1. The number of nitrogens with zero attached hydrogens (tertiary/aromatic N) is 1. The number of aliphatic imine (C=N–C) groups is 1. The predicted molar refractivity (Wildman–Crippen MR) is 80.0 cm³/mol. The Morgan fingerprint density at radius 2 is 2.17 bits per heavy atom. The van der Waals surface area contributed by atoms with Crippen LogP contribution in [0.4, 0.5) is 0 Å². The van der Waals surface area contributed by atoms with Crippen LogP contribution in [0.3, 0.4) is 0 Å². The highest BCUT2D eigenvalue weighted by molar-refractivity contribution is 9.10. The second-order valence-electron chi connectivity index (χ2n) is 5.62. The highest BCUT2D eigenvalue weighted by Gasteiger charge is 2.66. The highest BCUT2D eigenvalue weighted by atomic mass is 79.9. The van der Waals surface area contributed by atoms with E-state index in [0.29, 0.717) is 0 Å². The van der Waals surface area contributed by atoms with E-state index in [9.17, 15) is 0 Å². The molecule has 4 rings (SSSR count). The Balaban J connectivity index is 1.98. The third kappa shape index (κ3) is 1.18. The fraction of sp³-hybridized carbons (Fsp3) is 0.429. The molecule has 1 atom stereocenters. The minimum absolute atomic E-state index is 0.271. The summed E-state index contributed by atoms with van der Waals surface area (Å²) in [4.78, 5) is 5.76. The van der Waals surface area contributed by atoms with E-state index >= 15 is 0 Å². The Hall–Kier alpha value is -0.740. The van der Waals surface area contributed by atoms with E-state index in [4.69, 9.17) is 17.2 Å². The molecular weight excluding hydrogens is 308 g/mol. The monoisotopic (exact) mass is 320 g/mol. The molecule has 2 spiro atoms. The molecule has 92 valence electrons. The SMILES string of the molecule is CC1=NC2(NC1=S)c1cc(Br)ccc1CC21CC1. The maximum absolute atomic E-state index is 5.39. The molecule has 1 fully saturated rings. The van der Waals surface area contributed by atoms with Gasteiger partial charge in [0.2, 0.25) is 0 Å². The van der Waals surface area contributed by atoms with Crippen molar-refractivity contribution in [3.05, 3.63) is 33.8 Å². The molecule has 0 saturated heterocycles. The molecule has 1 aliphatic heterocycles. The van der Waals surface area contributed by atoms with Crippen molar-refractivity contribution in [2.45, 2.75) is 31.8 Å². The van der Waals surface area contributed by atoms with Crippen LogP contribution in [0, 0.1) is 5.41 Å². The van der Waals surface area contributed by atoms with Crippen molar-refractivity contribution in [1.29, 1.82) is 0 Å². The summed E-state index contributed by atoms with van der Waals surface area (Å²) < 4.78 is 1.12. The average Bonchev–Trinajstić information content (AvgIpc) is 2.98. The summed E-state index contributed by atoms with van der Waals surface area (Å²) in [6.07, 6.45) is 3.61. The van der Waals surface area contributed by atoms with Gasteiger partial charge in [0, 0.05) is 15.5 Å². The zero-order valence-electron chi connectivity index (χ0n) is 10.1. The molecule has 1 heterocycles. The fourth-order valence-corrected chi connectivity index (χ4v) is 4.03. The minimum Gasteiger partial charge on any atom is -0.347 e. The minimum atomic E-state index is -0.271. The molecule has 2 aliphatic carbocycles. The molecule has 0 radical (unpaired) electrons. The summed E-state index contributed by atoms with van der Waals surface area (Å²) in [6, 6.07) is 6.56. The van der Waals surface area contributed by atoms with Crippen LogP contribution in [0.1, 0.15) is 30.9 Å². The predicted octanol–water partition coefficient (Wildman–Crippen LogP) is 3.33. The number of nitrogens with one attached hydrogen (secondary N) is 1. The molecule has 1 unspecified atom stereocenters. The van der Waals surface area contributed by atoms with E-state index in [1.54, 1.807) is 0 Å². The van der Waals surface area contributed by atoms with Crippen LogP contribution in [-0.4, -0.2) is 10.7 Å². The van der Waals surface area contributed by atoms with E-state index in [2.05, 4.69) is 39.4 Å². The molecule has 0 bridgehead atoms. The lowest BCUT2D eigenvalue weighted by Crippen LogP contribution is -2.44. The number of benzene rings is 1. The maximum atomic E-state index is 5.39. The topological polar surface area (TPSA) is 24.4 Å². The van der Waals surface area contributed by atoms with Gasteiger partial charge in [0.25, 0.3) is 0 Å². The third-order valence-corrected chi connectivity index (χ3v) is 5.46. The van der Waals surface area contributed by atoms with Crippen LogP contribution in [0.25, 0.3) is 0 Å². The van der Waals surface area contributed by atoms with Crippen LogP contribution in [0.5, 0.6) is 0 Å². The van der Waals surface area contributed by atoms with Crippen molar-refractivity contribution in [1.82, 2.24) is 5.32 Å². The van der Waals surface area contributed by atoms with Crippen LogP contribution < -0.4 is 5.32 Å². The normalized spacial score (nSPS) is 30.6. The zero-order chi connectivity index (χ0) is 12.5. The van der Waals surface area contributed by atoms with Crippen molar-refractivity contribution in [2.24, 2.45) is 10.4 Å². The van der Waals surface area contributed by atoms with Gasteiger partial charge < -0.3 is 5.32 Å². The van der Waals surface area contributed by atoms with Crippen molar-refractivity contribution in [2.75, 3.05) is 0 Å². The summed E-state index contributed by atoms with van der Waals surface area (Å²) in [5.74, 6) is 0. The van der Waals surface area contributed by atoms with Crippen molar-refractivity contribution in [3.63, 3.8) is 0 Å². The van der Waals surface area contributed by atoms with E-state index in [-0.39, 0.29) is 11.1 Å². The molecule has 0 aromatic heterocycles. The van der Waals surface area contributed by atoms with Gasteiger partial charge in [-0.3, -0.25) is 4.99 Å². The molecular formula is C14H13BrN2S. The van der Waals surface area contributed by atoms with Gasteiger partial charge in [0.1, 0.15) is 4.99 Å². The van der Waals surface area contributed by atoms with Gasteiger partial charge in [-0.15, -0.1) is 0 Å². The molecule has 3 aliphatic rings. The molecule has 1 aromatic rings. The van der Waals surface area contributed by atoms with E-state index in [0.717, 1.165) is 21.6 Å². The Bertz CT molecular complexity index is 618. The number of fused-ring (bicyclic) bond motifs is 3. The lowest BCUT2D eigenvalue weighted by molar-refractivity contribution is 0.266. The van der Waals surface area contributed by atoms with E-state index in [1.165, 1.54) is 24.0 Å². The van der Waals surface area contributed by atoms with Crippen LogP contribution in [0.15, 0.2) is 27.7 Å². The van der Waals surface area contributed by atoms with Crippen LogP contribution in [-0.2, 0) is 12.1 Å². The second kappa shape index (κ2) is 3.23. The van der Waals surface area contributed by atoms with E-state index in [1.807, 2.05) is 6.92 Å². The highest BCUT2D eigenvalue weighted by Crippen LogP contribution is 2.66. The summed E-state index contributed by atoms with van der Waals surface area (Å²) in [6.45, 7) is 2.01. The van der Waals surface area contributed by atoms with Crippen molar-refractivity contribution in [3.8, 4) is 0 Å². The molecule has 1 N–H and O–H groups in total. The molecule has 0 amide bonds. The third-order valence-electron chi connectivity index (χ3n) is 4.57. The van der Waals surface area contributed by atoms with Gasteiger partial charge in [0.05, 0.1) is 5.71 Å². The molecule has 18 heavy (non-hydrogen) atoms.